The highest BCUT2D eigenvalue weighted by Gasteiger charge is 2.39. The predicted octanol–water partition coefficient (Wildman–Crippen LogP) is 3.69. The van der Waals surface area contributed by atoms with E-state index >= 15 is 0 Å². The first-order chi connectivity index (χ1) is 10.2. The van der Waals surface area contributed by atoms with Gasteiger partial charge in [-0.1, -0.05) is 48.0 Å². The van der Waals surface area contributed by atoms with E-state index in [4.69, 9.17) is 4.84 Å². The van der Waals surface area contributed by atoms with Crippen molar-refractivity contribution in [3.63, 3.8) is 0 Å². The average Bonchev–Trinajstić information content (AvgIpc) is 2.94. The zero-order chi connectivity index (χ0) is 14.8. The van der Waals surface area contributed by atoms with Crippen LogP contribution in [-0.4, -0.2) is 12.4 Å². The molecule has 1 heterocycles. The highest BCUT2D eigenvalue weighted by atomic mass is 16.7. The number of hydrogen-bond donors (Lipinski definition) is 0. The van der Waals surface area contributed by atoms with E-state index in [9.17, 15) is 4.79 Å². The van der Waals surface area contributed by atoms with Crippen LogP contribution in [-0.2, 0) is 9.63 Å². The second kappa shape index (κ2) is 5.70. The van der Waals surface area contributed by atoms with E-state index in [1.807, 2.05) is 35.4 Å². The number of aryl methyl sites for hydroxylation is 1. The Morgan fingerprint density at radius 1 is 1.10 bits per heavy atom. The number of rotatable bonds is 3. The molecule has 108 valence electrons. The van der Waals surface area contributed by atoms with E-state index in [2.05, 4.69) is 31.2 Å². The highest BCUT2D eigenvalue weighted by molar-refractivity contribution is 5.80. The topological polar surface area (TPSA) is 29.5 Å². The molecule has 0 radical (unpaired) electrons. The Morgan fingerprint density at radius 3 is 2.38 bits per heavy atom. The zero-order valence-electron chi connectivity index (χ0n) is 12.3. The maximum absolute atomic E-state index is 12.0. The van der Waals surface area contributed by atoms with Gasteiger partial charge < -0.3 is 0 Å². The van der Waals surface area contributed by atoms with Crippen LogP contribution in [0.1, 0.15) is 24.1 Å². The molecule has 0 aromatic heterocycles. The van der Waals surface area contributed by atoms with Crippen molar-refractivity contribution in [1.82, 2.24) is 0 Å². The van der Waals surface area contributed by atoms with E-state index in [1.54, 1.807) is 6.92 Å². The fourth-order valence-corrected chi connectivity index (χ4v) is 2.78. The third-order valence-corrected chi connectivity index (χ3v) is 3.98. The Morgan fingerprint density at radius 2 is 1.76 bits per heavy atom. The molecule has 0 N–H and O–H groups in total. The van der Waals surface area contributed by atoms with Crippen molar-refractivity contribution in [1.29, 1.82) is 0 Å². The van der Waals surface area contributed by atoms with E-state index < -0.39 is 0 Å². The number of anilines is 1. The van der Waals surface area contributed by atoms with Crippen LogP contribution < -0.4 is 5.06 Å². The van der Waals surface area contributed by atoms with Crippen LogP contribution in [0.15, 0.2) is 54.6 Å². The molecule has 0 amide bonds. The molecular formula is C18H19NO2. The Balaban J connectivity index is 1.99. The van der Waals surface area contributed by atoms with E-state index in [1.165, 1.54) is 5.56 Å². The summed E-state index contributed by atoms with van der Waals surface area (Å²) in [7, 11) is 0. The smallest absolute Gasteiger partial charge is 0.137 e. The third-order valence-electron chi connectivity index (χ3n) is 3.98. The number of carbonyl (C=O) groups is 1. The van der Waals surface area contributed by atoms with Gasteiger partial charge in [0.05, 0.1) is 24.3 Å². The molecule has 2 aromatic carbocycles. The molecule has 2 unspecified atom stereocenters. The van der Waals surface area contributed by atoms with Gasteiger partial charge in [0.15, 0.2) is 0 Å². The summed E-state index contributed by atoms with van der Waals surface area (Å²) < 4.78 is 0. The molecule has 2 aromatic rings. The number of ketones is 1. The lowest BCUT2D eigenvalue weighted by atomic mass is 9.91. The van der Waals surface area contributed by atoms with Gasteiger partial charge in [0, 0.05) is 0 Å². The van der Waals surface area contributed by atoms with Crippen molar-refractivity contribution < 1.29 is 9.63 Å². The van der Waals surface area contributed by atoms with Crippen LogP contribution in [0.3, 0.4) is 0 Å². The van der Waals surface area contributed by atoms with E-state index in [0.29, 0.717) is 6.61 Å². The van der Waals surface area contributed by atoms with Crippen molar-refractivity contribution in [2.24, 2.45) is 5.92 Å². The van der Waals surface area contributed by atoms with Crippen LogP contribution in [0.2, 0.25) is 0 Å². The largest absolute Gasteiger partial charge is 0.300 e. The number of hydrogen-bond acceptors (Lipinski definition) is 3. The van der Waals surface area contributed by atoms with Gasteiger partial charge in [0.1, 0.15) is 5.78 Å². The number of nitrogens with zero attached hydrogens (tertiary/aromatic N) is 1. The molecule has 1 aliphatic heterocycles. The highest BCUT2D eigenvalue weighted by Crippen LogP contribution is 2.39. The second-order valence-electron chi connectivity index (χ2n) is 5.53. The molecular weight excluding hydrogens is 262 g/mol. The van der Waals surface area contributed by atoms with Gasteiger partial charge >= 0.3 is 0 Å². The first-order valence-corrected chi connectivity index (χ1v) is 7.21. The van der Waals surface area contributed by atoms with Gasteiger partial charge in [-0.05, 0) is 31.5 Å². The average molecular weight is 281 g/mol. The molecule has 1 aliphatic rings. The quantitative estimate of drug-likeness (QED) is 0.859. The van der Waals surface area contributed by atoms with Crippen LogP contribution >= 0.6 is 0 Å². The standard InChI is InChI=1S/C18H19NO2/c1-13-8-10-16(11-9-13)19-18(15-6-4-3-5-7-15)17(12-21-19)14(2)20/h3-11,17-18H,12H2,1-2H3. The van der Waals surface area contributed by atoms with Gasteiger partial charge in [0.25, 0.3) is 0 Å². The van der Waals surface area contributed by atoms with Crippen molar-refractivity contribution in [2.45, 2.75) is 19.9 Å². The molecule has 3 heteroatoms. The molecule has 3 rings (SSSR count). The van der Waals surface area contributed by atoms with Crippen LogP contribution in [0.5, 0.6) is 0 Å². The summed E-state index contributed by atoms with van der Waals surface area (Å²) in [5, 5.41) is 1.88. The van der Waals surface area contributed by atoms with Crippen molar-refractivity contribution in [3.8, 4) is 0 Å². The fraction of sp³-hybridized carbons (Fsp3) is 0.278. The number of Topliss-reactive ketones (excluding diaryl/α,β-unsaturated/α-hetero) is 1. The first-order valence-electron chi connectivity index (χ1n) is 7.21. The van der Waals surface area contributed by atoms with Gasteiger partial charge in [-0.3, -0.25) is 9.63 Å². The van der Waals surface area contributed by atoms with Crippen LogP contribution in [0, 0.1) is 12.8 Å². The van der Waals surface area contributed by atoms with Crippen LogP contribution in [0.25, 0.3) is 0 Å². The van der Waals surface area contributed by atoms with E-state index in [0.717, 1.165) is 11.3 Å². The van der Waals surface area contributed by atoms with E-state index in [-0.39, 0.29) is 17.7 Å². The molecule has 0 bridgehead atoms. The normalized spacial score (nSPS) is 21.5. The Hall–Kier alpha value is -2.13. The molecule has 21 heavy (non-hydrogen) atoms. The minimum atomic E-state index is -0.131. The van der Waals surface area contributed by atoms with Crippen molar-refractivity contribution >= 4 is 11.5 Å². The summed E-state index contributed by atoms with van der Waals surface area (Å²) in [6.07, 6.45) is 0. The minimum absolute atomic E-state index is 0.0635. The number of hydroxylamine groups is 1. The molecule has 2 atom stereocenters. The van der Waals surface area contributed by atoms with Gasteiger partial charge in [-0.15, -0.1) is 0 Å². The lowest BCUT2D eigenvalue weighted by Gasteiger charge is -2.27. The summed E-state index contributed by atoms with van der Waals surface area (Å²) in [6, 6.07) is 18.2. The monoisotopic (exact) mass is 281 g/mol. The second-order valence-corrected chi connectivity index (χ2v) is 5.53. The molecule has 0 aliphatic carbocycles. The van der Waals surface area contributed by atoms with Crippen LogP contribution in [0.4, 0.5) is 5.69 Å². The molecule has 0 saturated carbocycles. The molecule has 3 nitrogen and oxygen atoms in total. The SMILES string of the molecule is CC(=O)C1CON(c2ccc(C)cc2)C1c1ccccc1. The molecule has 1 saturated heterocycles. The predicted molar refractivity (Wildman–Crippen MR) is 83.0 cm³/mol. The first kappa shape index (κ1) is 13.8. The van der Waals surface area contributed by atoms with Gasteiger partial charge in [0.2, 0.25) is 0 Å². The third kappa shape index (κ3) is 2.69. The Bertz CT molecular complexity index is 621. The lowest BCUT2D eigenvalue weighted by molar-refractivity contribution is -0.121. The summed E-state index contributed by atoms with van der Waals surface area (Å²) in [5.41, 5.74) is 3.30. The maximum Gasteiger partial charge on any atom is 0.137 e. The van der Waals surface area contributed by atoms with Crippen molar-refractivity contribution in [2.75, 3.05) is 11.7 Å². The zero-order valence-corrected chi connectivity index (χ0v) is 12.3. The summed E-state index contributed by atoms with van der Waals surface area (Å²) in [4.78, 5) is 17.8. The van der Waals surface area contributed by atoms with Gasteiger partial charge in [-0.25, -0.2) is 5.06 Å². The number of benzene rings is 2. The maximum atomic E-state index is 12.0. The molecule has 1 fully saturated rings. The van der Waals surface area contributed by atoms with Gasteiger partial charge in [-0.2, -0.15) is 0 Å². The number of carbonyl (C=O) groups excluding carboxylic acids is 1. The Labute approximate surface area is 125 Å². The minimum Gasteiger partial charge on any atom is -0.300 e. The fourth-order valence-electron chi connectivity index (χ4n) is 2.78. The molecule has 0 spiro atoms. The summed E-state index contributed by atoms with van der Waals surface area (Å²) in [5.74, 6) is 0.0344. The Kier molecular flexibility index (Phi) is 3.76. The lowest BCUT2D eigenvalue weighted by Crippen LogP contribution is -2.27. The summed E-state index contributed by atoms with van der Waals surface area (Å²) >= 11 is 0. The van der Waals surface area contributed by atoms with Crippen molar-refractivity contribution in [3.05, 3.63) is 65.7 Å². The summed E-state index contributed by atoms with van der Waals surface area (Å²) in [6.45, 7) is 4.13.